The van der Waals surface area contributed by atoms with Gasteiger partial charge in [0.1, 0.15) is 17.4 Å². The zero-order chi connectivity index (χ0) is 22.6. The summed E-state index contributed by atoms with van der Waals surface area (Å²) in [4.78, 5) is 27.3. The number of benzene rings is 1. The zero-order valence-corrected chi connectivity index (χ0v) is 18.1. The topological polar surface area (TPSA) is 114 Å². The number of aromatic amines is 1. The van der Waals surface area contributed by atoms with Gasteiger partial charge in [0.15, 0.2) is 0 Å². The quantitative estimate of drug-likeness (QED) is 0.433. The van der Waals surface area contributed by atoms with Crippen LogP contribution in [0, 0.1) is 0 Å². The molecule has 0 spiro atoms. The fourth-order valence-corrected chi connectivity index (χ4v) is 4.89. The van der Waals surface area contributed by atoms with Gasteiger partial charge < -0.3 is 18.7 Å². The molecule has 1 fully saturated rings. The first-order valence-corrected chi connectivity index (χ1v) is 11.4. The molecule has 1 atom stereocenters. The van der Waals surface area contributed by atoms with Gasteiger partial charge in [-0.1, -0.05) is 18.2 Å². The summed E-state index contributed by atoms with van der Waals surface area (Å²) in [6.45, 7) is 0.479. The second-order valence-electron chi connectivity index (χ2n) is 8.72. The number of hydrogen-bond acceptors (Lipinski definition) is 7. The molecule has 5 heterocycles. The summed E-state index contributed by atoms with van der Waals surface area (Å²) < 4.78 is 12.2. The van der Waals surface area contributed by atoms with Gasteiger partial charge in [0, 0.05) is 47.6 Å². The van der Waals surface area contributed by atoms with Crippen molar-refractivity contribution in [2.45, 2.75) is 31.2 Å². The van der Waals surface area contributed by atoms with E-state index in [2.05, 4.69) is 31.2 Å². The standard InChI is InChI=1S/C25H20N6O3/c32-25(24-30-29-23(34-24)15-7-10-26-11-8-15)31-12-9-17-20(28-13-27-17)21(31)22-19(14-5-6-14)16-3-1-2-4-18(16)33-22/h1-4,7-8,10-11,13-14,21H,5-6,9,12H2,(H,27,28)/t21-/m0/s1. The van der Waals surface area contributed by atoms with Gasteiger partial charge in [-0.3, -0.25) is 9.78 Å². The molecule has 168 valence electrons. The highest BCUT2D eigenvalue weighted by Crippen LogP contribution is 2.50. The van der Waals surface area contributed by atoms with Gasteiger partial charge in [0.2, 0.25) is 5.89 Å². The van der Waals surface area contributed by atoms with Gasteiger partial charge in [-0.05, 0) is 37.0 Å². The summed E-state index contributed by atoms with van der Waals surface area (Å²) in [5.74, 6) is 1.09. The molecule has 0 unspecified atom stereocenters. The van der Waals surface area contributed by atoms with E-state index in [4.69, 9.17) is 8.83 Å². The summed E-state index contributed by atoms with van der Waals surface area (Å²) >= 11 is 0. The Bertz CT molecular complexity index is 1510. The van der Waals surface area contributed by atoms with E-state index in [1.807, 2.05) is 18.2 Å². The maximum absolute atomic E-state index is 13.7. The molecule has 0 radical (unpaired) electrons. The number of pyridine rings is 1. The van der Waals surface area contributed by atoms with Crippen LogP contribution in [-0.4, -0.2) is 42.5 Å². The lowest BCUT2D eigenvalue weighted by Crippen LogP contribution is -2.41. The lowest BCUT2D eigenvalue weighted by Gasteiger charge is -2.33. The van der Waals surface area contributed by atoms with Crippen molar-refractivity contribution in [1.82, 2.24) is 30.0 Å². The third-order valence-electron chi connectivity index (χ3n) is 6.62. The summed E-state index contributed by atoms with van der Waals surface area (Å²) in [5.41, 5.74) is 4.53. The number of fused-ring (bicyclic) bond motifs is 2. The van der Waals surface area contributed by atoms with Crippen LogP contribution in [0.1, 0.15) is 58.2 Å². The molecule has 9 nitrogen and oxygen atoms in total. The van der Waals surface area contributed by atoms with E-state index in [1.54, 1.807) is 35.8 Å². The fraction of sp³-hybridized carbons (Fsp3) is 0.240. The number of rotatable bonds is 4. The van der Waals surface area contributed by atoms with Crippen LogP contribution in [0.15, 0.2) is 64.0 Å². The van der Waals surface area contributed by atoms with E-state index in [9.17, 15) is 4.79 Å². The van der Waals surface area contributed by atoms with Crippen LogP contribution in [0.3, 0.4) is 0 Å². The van der Waals surface area contributed by atoms with Gasteiger partial charge in [-0.25, -0.2) is 4.98 Å². The van der Waals surface area contributed by atoms with Crippen molar-refractivity contribution in [2.24, 2.45) is 0 Å². The molecule has 7 rings (SSSR count). The number of amides is 1. The number of carbonyl (C=O) groups excluding carboxylic acids is 1. The number of furan rings is 1. The molecule has 1 saturated carbocycles. The van der Waals surface area contributed by atoms with Crippen LogP contribution >= 0.6 is 0 Å². The van der Waals surface area contributed by atoms with E-state index >= 15 is 0 Å². The normalized spacial score (nSPS) is 17.8. The minimum absolute atomic E-state index is 0.0557. The van der Waals surface area contributed by atoms with E-state index in [0.717, 1.165) is 41.0 Å². The maximum atomic E-state index is 13.7. The minimum atomic E-state index is -0.471. The van der Waals surface area contributed by atoms with Crippen molar-refractivity contribution >= 4 is 16.9 Å². The number of carbonyl (C=O) groups is 1. The van der Waals surface area contributed by atoms with Gasteiger partial charge in [-0.2, -0.15) is 0 Å². The van der Waals surface area contributed by atoms with Crippen molar-refractivity contribution in [1.29, 1.82) is 0 Å². The smallest absolute Gasteiger partial charge is 0.312 e. The molecule has 1 aromatic carbocycles. The third-order valence-corrected chi connectivity index (χ3v) is 6.62. The van der Waals surface area contributed by atoms with Crippen molar-refractivity contribution in [3.8, 4) is 11.5 Å². The Morgan fingerprint density at radius 2 is 1.91 bits per heavy atom. The Morgan fingerprint density at radius 1 is 1.06 bits per heavy atom. The Kier molecular flexibility index (Phi) is 4.17. The second-order valence-corrected chi connectivity index (χ2v) is 8.72. The zero-order valence-electron chi connectivity index (χ0n) is 18.1. The molecule has 2 aliphatic rings. The molecule has 9 heteroatoms. The molecular formula is C25H20N6O3. The minimum Gasteiger partial charge on any atom is -0.458 e. The van der Waals surface area contributed by atoms with Crippen molar-refractivity contribution in [3.63, 3.8) is 0 Å². The highest BCUT2D eigenvalue weighted by atomic mass is 16.4. The fourth-order valence-electron chi connectivity index (χ4n) is 4.89. The number of aromatic nitrogens is 5. The van der Waals surface area contributed by atoms with Crippen LogP contribution in [0.5, 0.6) is 0 Å². The maximum Gasteiger partial charge on any atom is 0.312 e. The number of para-hydroxylation sites is 1. The predicted molar refractivity (Wildman–Crippen MR) is 121 cm³/mol. The Labute approximate surface area is 193 Å². The van der Waals surface area contributed by atoms with Gasteiger partial charge in [0.25, 0.3) is 0 Å². The summed E-state index contributed by atoms with van der Waals surface area (Å²) in [6, 6.07) is 11.1. The average molecular weight is 452 g/mol. The first-order valence-electron chi connectivity index (χ1n) is 11.4. The predicted octanol–water partition coefficient (Wildman–Crippen LogP) is 4.27. The van der Waals surface area contributed by atoms with Crippen LogP contribution < -0.4 is 0 Å². The molecular weight excluding hydrogens is 432 g/mol. The number of hydrogen-bond donors (Lipinski definition) is 1. The summed E-state index contributed by atoms with van der Waals surface area (Å²) in [6.07, 6.45) is 7.85. The number of imidazole rings is 1. The molecule has 5 aromatic rings. The first-order chi connectivity index (χ1) is 16.8. The summed E-state index contributed by atoms with van der Waals surface area (Å²) in [7, 11) is 0. The molecule has 1 aliphatic heterocycles. The number of nitrogens with zero attached hydrogens (tertiary/aromatic N) is 5. The molecule has 1 amide bonds. The second kappa shape index (κ2) is 7.38. The van der Waals surface area contributed by atoms with Gasteiger partial charge in [0.05, 0.1) is 12.0 Å². The monoisotopic (exact) mass is 452 g/mol. The van der Waals surface area contributed by atoms with E-state index in [0.29, 0.717) is 24.4 Å². The molecule has 0 saturated heterocycles. The molecule has 0 bridgehead atoms. The lowest BCUT2D eigenvalue weighted by molar-refractivity contribution is 0.0631. The van der Waals surface area contributed by atoms with E-state index < -0.39 is 6.04 Å². The average Bonchev–Trinajstić information content (AvgIpc) is 3.27. The van der Waals surface area contributed by atoms with Gasteiger partial charge in [-0.15, -0.1) is 10.2 Å². The molecule has 34 heavy (non-hydrogen) atoms. The van der Waals surface area contributed by atoms with Crippen LogP contribution in [0.4, 0.5) is 0 Å². The third kappa shape index (κ3) is 2.97. The highest BCUT2D eigenvalue weighted by Gasteiger charge is 2.42. The Morgan fingerprint density at radius 3 is 2.76 bits per heavy atom. The van der Waals surface area contributed by atoms with E-state index in [-0.39, 0.29) is 17.7 Å². The van der Waals surface area contributed by atoms with Crippen molar-refractivity contribution in [3.05, 3.63) is 83.7 Å². The lowest BCUT2D eigenvalue weighted by atomic mass is 9.95. The van der Waals surface area contributed by atoms with Crippen LogP contribution in [-0.2, 0) is 6.42 Å². The largest absolute Gasteiger partial charge is 0.458 e. The molecule has 1 aliphatic carbocycles. The number of nitrogens with one attached hydrogen (secondary N) is 1. The van der Waals surface area contributed by atoms with E-state index in [1.165, 1.54) is 5.56 Å². The molecule has 1 N–H and O–H groups in total. The SMILES string of the molecule is O=C(c1nnc(-c2ccncc2)o1)N1CCc2[nH]cnc2[C@H]1c1oc2ccccc2c1C1CC1. The van der Waals surface area contributed by atoms with Gasteiger partial charge >= 0.3 is 11.8 Å². The first kappa shape index (κ1) is 19.2. The molecule has 4 aromatic heterocycles. The highest BCUT2D eigenvalue weighted by molar-refractivity contribution is 5.91. The number of H-pyrrole nitrogens is 1. The van der Waals surface area contributed by atoms with Crippen molar-refractivity contribution < 1.29 is 13.6 Å². The van der Waals surface area contributed by atoms with Crippen LogP contribution in [0.25, 0.3) is 22.4 Å². The summed E-state index contributed by atoms with van der Waals surface area (Å²) in [5, 5.41) is 9.26. The Hall–Kier alpha value is -4.27. The van der Waals surface area contributed by atoms with Crippen molar-refractivity contribution in [2.75, 3.05) is 6.54 Å². The Balaban J connectivity index is 1.34. The van der Waals surface area contributed by atoms with Crippen LogP contribution in [0.2, 0.25) is 0 Å².